The molecule has 2 rings (SSSR count). The molecule has 1 aliphatic heterocycles. The summed E-state index contributed by atoms with van der Waals surface area (Å²) >= 11 is 1.67. The number of allylic oxidation sites excluding steroid dienone is 2. The topological polar surface area (TPSA) is 26.3 Å². The van der Waals surface area contributed by atoms with Crippen LogP contribution in [0.25, 0.3) is 0 Å². The van der Waals surface area contributed by atoms with Gasteiger partial charge in [-0.2, -0.15) is 0 Å². The number of carbonyl (C=O) groups is 1. The molecule has 0 fully saturated rings. The summed E-state index contributed by atoms with van der Waals surface area (Å²) in [5.41, 5.74) is 1.16. The van der Waals surface area contributed by atoms with Crippen LogP contribution in [0.5, 0.6) is 0 Å². The van der Waals surface area contributed by atoms with Crippen LogP contribution in [0, 0.1) is 0 Å². The van der Waals surface area contributed by atoms with Crippen LogP contribution < -0.4 is 0 Å². The Morgan fingerprint density at radius 1 is 1.33 bits per heavy atom. The third kappa shape index (κ3) is 3.77. The highest BCUT2D eigenvalue weighted by molar-refractivity contribution is 8.00. The first-order valence-corrected chi connectivity index (χ1v) is 6.88. The van der Waals surface area contributed by atoms with Crippen LogP contribution in [0.1, 0.15) is 24.2 Å². The summed E-state index contributed by atoms with van der Waals surface area (Å²) in [5.74, 6) is 0.201. The SMILES string of the molecule is CC(=O)CC(SC1C=CC=CO1)c1ccccc1. The molecular formula is C15H16O2S. The number of rotatable bonds is 5. The molecular weight excluding hydrogens is 244 g/mol. The zero-order valence-electron chi connectivity index (χ0n) is 10.3. The maximum absolute atomic E-state index is 11.4. The summed E-state index contributed by atoms with van der Waals surface area (Å²) in [5, 5.41) is 0.143. The lowest BCUT2D eigenvalue weighted by atomic mass is 10.1. The van der Waals surface area contributed by atoms with Gasteiger partial charge in [-0.25, -0.2) is 0 Å². The van der Waals surface area contributed by atoms with Crippen LogP contribution in [0.15, 0.2) is 54.8 Å². The Morgan fingerprint density at radius 3 is 2.72 bits per heavy atom. The molecule has 0 radical (unpaired) electrons. The Morgan fingerprint density at radius 2 is 2.11 bits per heavy atom. The van der Waals surface area contributed by atoms with Crippen LogP contribution >= 0.6 is 11.8 Å². The van der Waals surface area contributed by atoms with Crippen LogP contribution in [0.2, 0.25) is 0 Å². The molecule has 1 heterocycles. The van der Waals surface area contributed by atoms with Gasteiger partial charge >= 0.3 is 0 Å². The van der Waals surface area contributed by atoms with E-state index in [4.69, 9.17) is 4.74 Å². The molecule has 0 aliphatic carbocycles. The second kappa shape index (κ2) is 6.45. The molecule has 0 N–H and O–H groups in total. The van der Waals surface area contributed by atoms with E-state index in [9.17, 15) is 4.79 Å². The lowest BCUT2D eigenvalue weighted by Gasteiger charge is -2.21. The van der Waals surface area contributed by atoms with Crippen LogP contribution in [0.3, 0.4) is 0 Å². The zero-order chi connectivity index (χ0) is 12.8. The van der Waals surface area contributed by atoms with E-state index in [1.165, 1.54) is 5.56 Å². The molecule has 0 saturated carbocycles. The molecule has 0 bridgehead atoms. The molecule has 0 aromatic heterocycles. The molecule has 2 nitrogen and oxygen atoms in total. The minimum absolute atomic E-state index is 0.0143. The summed E-state index contributed by atoms with van der Waals surface area (Å²) in [6.07, 6.45) is 8.05. The molecule has 1 aliphatic rings. The van der Waals surface area contributed by atoms with Crippen molar-refractivity contribution in [3.8, 4) is 0 Å². The van der Waals surface area contributed by atoms with E-state index in [1.807, 2.05) is 36.4 Å². The summed E-state index contributed by atoms with van der Waals surface area (Å²) in [7, 11) is 0. The zero-order valence-corrected chi connectivity index (χ0v) is 11.1. The van der Waals surface area contributed by atoms with E-state index in [0.717, 1.165) is 0 Å². The lowest BCUT2D eigenvalue weighted by Crippen LogP contribution is -2.09. The van der Waals surface area contributed by atoms with Crippen molar-refractivity contribution < 1.29 is 9.53 Å². The standard InChI is InChI=1S/C15H16O2S/c1-12(16)11-14(13-7-3-2-4-8-13)18-15-9-5-6-10-17-15/h2-10,14-15H,11H2,1H3. The highest BCUT2D eigenvalue weighted by atomic mass is 32.2. The van der Waals surface area contributed by atoms with Gasteiger partial charge in [0, 0.05) is 11.7 Å². The Bertz CT molecular complexity index is 451. The fourth-order valence-electron chi connectivity index (χ4n) is 1.78. The van der Waals surface area contributed by atoms with Crippen molar-refractivity contribution in [1.82, 2.24) is 0 Å². The largest absolute Gasteiger partial charge is 0.483 e. The fourth-order valence-corrected chi connectivity index (χ4v) is 3.06. The van der Waals surface area contributed by atoms with Gasteiger partial charge in [-0.15, -0.1) is 11.8 Å². The molecule has 0 amide bonds. The van der Waals surface area contributed by atoms with Crippen molar-refractivity contribution >= 4 is 17.5 Å². The summed E-state index contributed by atoms with van der Waals surface area (Å²) in [4.78, 5) is 11.4. The average molecular weight is 260 g/mol. The summed E-state index contributed by atoms with van der Waals surface area (Å²) in [6, 6.07) is 10.1. The maximum Gasteiger partial charge on any atom is 0.162 e. The van der Waals surface area contributed by atoms with E-state index in [2.05, 4.69) is 12.1 Å². The van der Waals surface area contributed by atoms with Gasteiger partial charge in [0.05, 0.1) is 6.26 Å². The van der Waals surface area contributed by atoms with E-state index < -0.39 is 0 Å². The number of benzene rings is 1. The van der Waals surface area contributed by atoms with E-state index in [0.29, 0.717) is 6.42 Å². The number of hydrogen-bond donors (Lipinski definition) is 0. The third-order valence-corrected chi connectivity index (χ3v) is 3.92. The van der Waals surface area contributed by atoms with Gasteiger partial charge in [-0.05, 0) is 24.6 Å². The van der Waals surface area contributed by atoms with Crippen LogP contribution in [-0.4, -0.2) is 11.2 Å². The fraction of sp³-hybridized carbons (Fsp3) is 0.267. The van der Waals surface area contributed by atoms with Gasteiger partial charge in [-0.1, -0.05) is 36.4 Å². The minimum atomic E-state index is -0.0143. The number of Topliss-reactive ketones (excluding diaryl/α,β-unsaturated/α-hetero) is 1. The molecule has 94 valence electrons. The molecule has 18 heavy (non-hydrogen) atoms. The minimum Gasteiger partial charge on any atom is -0.483 e. The third-order valence-electron chi connectivity index (χ3n) is 2.61. The van der Waals surface area contributed by atoms with E-state index in [-0.39, 0.29) is 16.5 Å². The monoisotopic (exact) mass is 260 g/mol. The smallest absolute Gasteiger partial charge is 0.162 e. The first-order chi connectivity index (χ1) is 8.75. The molecule has 2 atom stereocenters. The molecule has 0 spiro atoms. The normalized spacial score (nSPS) is 19.3. The summed E-state index contributed by atoms with van der Waals surface area (Å²) in [6.45, 7) is 1.63. The first-order valence-electron chi connectivity index (χ1n) is 5.94. The number of ketones is 1. The van der Waals surface area contributed by atoms with Crippen molar-refractivity contribution in [1.29, 1.82) is 0 Å². The quantitative estimate of drug-likeness (QED) is 0.804. The molecule has 0 saturated heterocycles. The Labute approximate surface area is 112 Å². The van der Waals surface area contributed by atoms with Crippen molar-refractivity contribution in [3.05, 3.63) is 60.4 Å². The number of carbonyl (C=O) groups excluding carboxylic acids is 1. The Balaban J connectivity index is 2.08. The maximum atomic E-state index is 11.4. The van der Waals surface area contributed by atoms with Crippen molar-refractivity contribution in [2.24, 2.45) is 0 Å². The van der Waals surface area contributed by atoms with Crippen molar-refractivity contribution in [3.63, 3.8) is 0 Å². The van der Waals surface area contributed by atoms with Gasteiger partial charge in [0.2, 0.25) is 0 Å². The van der Waals surface area contributed by atoms with Gasteiger partial charge in [0.1, 0.15) is 5.78 Å². The average Bonchev–Trinajstić information content (AvgIpc) is 2.40. The number of thioether (sulfide) groups is 1. The highest BCUT2D eigenvalue weighted by Crippen LogP contribution is 2.36. The van der Waals surface area contributed by atoms with Gasteiger partial charge in [0.25, 0.3) is 0 Å². The molecule has 2 unspecified atom stereocenters. The lowest BCUT2D eigenvalue weighted by molar-refractivity contribution is -0.117. The Hall–Kier alpha value is -1.48. The Kier molecular flexibility index (Phi) is 4.65. The van der Waals surface area contributed by atoms with Gasteiger partial charge in [-0.3, -0.25) is 4.79 Å². The second-order valence-corrected chi connectivity index (χ2v) is 5.47. The first kappa shape index (κ1) is 13.0. The van der Waals surface area contributed by atoms with Gasteiger partial charge < -0.3 is 4.74 Å². The highest BCUT2D eigenvalue weighted by Gasteiger charge is 2.19. The number of ether oxygens (including phenoxy) is 1. The summed E-state index contributed by atoms with van der Waals surface area (Å²) < 4.78 is 5.50. The van der Waals surface area contributed by atoms with Crippen molar-refractivity contribution in [2.75, 3.05) is 0 Å². The predicted molar refractivity (Wildman–Crippen MR) is 75.2 cm³/mol. The molecule has 1 aromatic rings. The predicted octanol–water partition coefficient (Wildman–Crippen LogP) is 3.87. The van der Waals surface area contributed by atoms with Gasteiger partial charge in [0.15, 0.2) is 5.44 Å². The van der Waals surface area contributed by atoms with Crippen LogP contribution in [-0.2, 0) is 9.53 Å². The second-order valence-electron chi connectivity index (χ2n) is 4.16. The van der Waals surface area contributed by atoms with Crippen molar-refractivity contribution in [2.45, 2.75) is 24.0 Å². The van der Waals surface area contributed by atoms with E-state index in [1.54, 1.807) is 24.9 Å². The van der Waals surface area contributed by atoms with E-state index >= 15 is 0 Å². The molecule has 3 heteroatoms. The number of hydrogen-bond acceptors (Lipinski definition) is 3. The van der Waals surface area contributed by atoms with Crippen LogP contribution in [0.4, 0.5) is 0 Å². The molecule has 1 aromatic carbocycles.